The molecule has 1 atom stereocenters. The molecule has 2 N–H and O–H groups in total. The van der Waals surface area contributed by atoms with Gasteiger partial charge in [-0.05, 0) is 43.7 Å². The van der Waals surface area contributed by atoms with Crippen molar-refractivity contribution in [3.05, 3.63) is 35.4 Å². The lowest BCUT2D eigenvalue weighted by Crippen LogP contribution is -2.48. The predicted octanol–water partition coefficient (Wildman–Crippen LogP) is 2.27. The highest BCUT2D eigenvalue weighted by Crippen LogP contribution is 2.11. The third-order valence-corrected chi connectivity index (χ3v) is 4.79. The highest BCUT2D eigenvalue weighted by atomic mass is 16.2. The fourth-order valence-corrected chi connectivity index (χ4v) is 3.31. The molecular formula is C21H31N3O3. The molecule has 0 bridgehead atoms. The number of likely N-dealkylation sites (tertiary alicyclic amines) is 1. The molecule has 0 aromatic heterocycles. The predicted molar refractivity (Wildman–Crippen MR) is 105 cm³/mol. The fraction of sp³-hybridized carbons (Fsp3) is 0.571. The van der Waals surface area contributed by atoms with Gasteiger partial charge in [0.05, 0.1) is 0 Å². The second kappa shape index (κ2) is 10.1. The van der Waals surface area contributed by atoms with Crippen LogP contribution in [0.1, 0.15) is 55.5 Å². The maximum Gasteiger partial charge on any atom is 0.252 e. The Morgan fingerprint density at radius 3 is 2.59 bits per heavy atom. The number of carbonyl (C=O) groups excluding carboxylic acids is 3. The first-order valence-corrected chi connectivity index (χ1v) is 9.80. The van der Waals surface area contributed by atoms with Gasteiger partial charge < -0.3 is 15.5 Å². The maximum atomic E-state index is 12.6. The molecule has 148 valence electrons. The van der Waals surface area contributed by atoms with Gasteiger partial charge in [0.1, 0.15) is 6.04 Å². The number of hydrogen-bond donors (Lipinski definition) is 2. The number of rotatable bonds is 9. The summed E-state index contributed by atoms with van der Waals surface area (Å²) in [5.41, 5.74) is 1.47. The Morgan fingerprint density at radius 1 is 1.22 bits per heavy atom. The molecule has 0 aliphatic carbocycles. The Kier molecular flexibility index (Phi) is 7.82. The normalized spacial score (nSPS) is 15.1. The maximum absolute atomic E-state index is 12.6. The molecule has 0 radical (unpaired) electrons. The highest BCUT2D eigenvalue weighted by molar-refractivity contribution is 5.98. The number of carbonyl (C=O) groups is 3. The summed E-state index contributed by atoms with van der Waals surface area (Å²) >= 11 is 0. The van der Waals surface area contributed by atoms with Gasteiger partial charge in [-0.15, -0.1) is 0 Å². The summed E-state index contributed by atoms with van der Waals surface area (Å²) in [5.74, 6) is 0.0830. The van der Waals surface area contributed by atoms with E-state index in [0.29, 0.717) is 31.5 Å². The van der Waals surface area contributed by atoms with Crippen molar-refractivity contribution in [2.45, 2.75) is 52.5 Å². The van der Waals surface area contributed by atoms with Crippen LogP contribution in [-0.2, 0) is 9.59 Å². The molecular weight excluding hydrogens is 342 g/mol. The summed E-state index contributed by atoms with van der Waals surface area (Å²) in [6.07, 6.45) is 2.85. The fourth-order valence-electron chi connectivity index (χ4n) is 3.31. The topological polar surface area (TPSA) is 78.5 Å². The van der Waals surface area contributed by atoms with Crippen molar-refractivity contribution in [2.75, 3.05) is 19.6 Å². The summed E-state index contributed by atoms with van der Waals surface area (Å²) in [6, 6.07) is 6.79. The van der Waals surface area contributed by atoms with Crippen LogP contribution in [0, 0.1) is 12.8 Å². The first kappa shape index (κ1) is 20.9. The zero-order chi connectivity index (χ0) is 19.8. The van der Waals surface area contributed by atoms with Crippen molar-refractivity contribution < 1.29 is 14.4 Å². The smallest absolute Gasteiger partial charge is 0.252 e. The van der Waals surface area contributed by atoms with E-state index in [1.165, 1.54) is 0 Å². The van der Waals surface area contributed by atoms with Crippen molar-refractivity contribution >= 4 is 17.7 Å². The molecule has 3 amide bonds. The molecule has 0 spiro atoms. The molecule has 6 nitrogen and oxygen atoms in total. The number of aryl methyl sites for hydroxylation is 1. The van der Waals surface area contributed by atoms with Crippen molar-refractivity contribution in [3.8, 4) is 0 Å². The molecule has 1 aromatic carbocycles. The van der Waals surface area contributed by atoms with Gasteiger partial charge in [0.15, 0.2) is 0 Å². The second-order valence-corrected chi connectivity index (χ2v) is 7.60. The number of hydrogen-bond acceptors (Lipinski definition) is 3. The quantitative estimate of drug-likeness (QED) is 0.652. The Balaban J connectivity index is 1.86. The van der Waals surface area contributed by atoms with Crippen LogP contribution in [0.4, 0.5) is 0 Å². The van der Waals surface area contributed by atoms with E-state index in [0.717, 1.165) is 24.9 Å². The lowest BCUT2D eigenvalue weighted by Gasteiger charge is -2.21. The zero-order valence-electron chi connectivity index (χ0n) is 16.6. The van der Waals surface area contributed by atoms with E-state index in [1.807, 2.05) is 43.9 Å². The van der Waals surface area contributed by atoms with E-state index >= 15 is 0 Å². The minimum Gasteiger partial charge on any atom is -0.354 e. The second-order valence-electron chi connectivity index (χ2n) is 7.60. The van der Waals surface area contributed by atoms with Crippen LogP contribution in [0.3, 0.4) is 0 Å². The van der Waals surface area contributed by atoms with E-state index in [2.05, 4.69) is 10.6 Å². The third-order valence-electron chi connectivity index (χ3n) is 4.79. The molecule has 2 rings (SSSR count). The average molecular weight is 373 g/mol. The van der Waals surface area contributed by atoms with Crippen molar-refractivity contribution in [1.82, 2.24) is 15.5 Å². The van der Waals surface area contributed by atoms with Crippen LogP contribution < -0.4 is 10.6 Å². The first-order chi connectivity index (χ1) is 12.9. The van der Waals surface area contributed by atoms with Crippen molar-refractivity contribution in [2.24, 2.45) is 5.92 Å². The summed E-state index contributed by atoms with van der Waals surface area (Å²) in [5, 5.41) is 5.79. The Hall–Kier alpha value is -2.37. The lowest BCUT2D eigenvalue weighted by molar-refractivity contribution is -0.127. The van der Waals surface area contributed by atoms with Gasteiger partial charge in [0.2, 0.25) is 11.8 Å². The Morgan fingerprint density at radius 2 is 1.96 bits per heavy atom. The Labute approximate surface area is 161 Å². The summed E-state index contributed by atoms with van der Waals surface area (Å²) in [4.78, 5) is 38.6. The van der Waals surface area contributed by atoms with Gasteiger partial charge in [0.25, 0.3) is 5.91 Å². The van der Waals surface area contributed by atoms with E-state index < -0.39 is 6.04 Å². The Bertz CT molecular complexity index is 672. The van der Waals surface area contributed by atoms with Crippen molar-refractivity contribution in [1.29, 1.82) is 0 Å². The molecule has 1 aliphatic rings. The zero-order valence-corrected chi connectivity index (χ0v) is 16.6. The third kappa shape index (κ3) is 6.38. The van der Waals surface area contributed by atoms with Crippen LogP contribution in [0.15, 0.2) is 24.3 Å². The van der Waals surface area contributed by atoms with Crippen LogP contribution in [0.2, 0.25) is 0 Å². The monoisotopic (exact) mass is 373 g/mol. The number of amides is 3. The van der Waals surface area contributed by atoms with Gasteiger partial charge in [-0.3, -0.25) is 14.4 Å². The molecule has 1 fully saturated rings. The van der Waals surface area contributed by atoms with Crippen LogP contribution in [-0.4, -0.2) is 48.3 Å². The number of nitrogens with zero attached hydrogens (tertiary/aromatic N) is 1. The van der Waals surface area contributed by atoms with Gasteiger partial charge in [-0.2, -0.15) is 0 Å². The first-order valence-electron chi connectivity index (χ1n) is 9.80. The van der Waals surface area contributed by atoms with E-state index in [1.54, 1.807) is 6.07 Å². The minimum absolute atomic E-state index is 0.168. The average Bonchev–Trinajstić information content (AvgIpc) is 3.02. The molecule has 1 heterocycles. The van der Waals surface area contributed by atoms with E-state index in [-0.39, 0.29) is 23.6 Å². The number of benzene rings is 1. The molecule has 1 unspecified atom stereocenters. The minimum atomic E-state index is -0.564. The van der Waals surface area contributed by atoms with Gasteiger partial charge >= 0.3 is 0 Å². The summed E-state index contributed by atoms with van der Waals surface area (Å²) in [6.45, 7) is 7.92. The van der Waals surface area contributed by atoms with E-state index in [9.17, 15) is 14.4 Å². The van der Waals surface area contributed by atoms with Crippen molar-refractivity contribution in [3.63, 3.8) is 0 Å². The molecule has 1 aromatic rings. The summed E-state index contributed by atoms with van der Waals surface area (Å²) in [7, 11) is 0. The van der Waals surface area contributed by atoms with Gasteiger partial charge in [0, 0.05) is 31.6 Å². The lowest BCUT2D eigenvalue weighted by atomic mass is 10.0. The summed E-state index contributed by atoms with van der Waals surface area (Å²) < 4.78 is 0. The van der Waals surface area contributed by atoms with Gasteiger partial charge in [-0.1, -0.05) is 32.0 Å². The van der Waals surface area contributed by atoms with Crippen LogP contribution in [0.25, 0.3) is 0 Å². The molecule has 27 heavy (non-hydrogen) atoms. The molecule has 0 saturated carbocycles. The largest absolute Gasteiger partial charge is 0.354 e. The van der Waals surface area contributed by atoms with Crippen LogP contribution >= 0.6 is 0 Å². The SMILES string of the molecule is Cc1ccccc1C(=O)NC(CC(C)C)C(=O)NCCCN1CCCC1=O. The highest BCUT2D eigenvalue weighted by Gasteiger charge is 2.23. The molecule has 1 aliphatic heterocycles. The van der Waals surface area contributed by atoms with Crippen LogP contribution in [0.5, 0.6) is 0 Å². The standard InChI is InChI=1S/C21H31N3O3/c1-15(2)14-18(23-20(26)17-9-5-4-8-16(17)3)21(27)22-11-7-13-24-12-6-10-19(24)25/h4-5,8-9,15,18H,6-7,10-14H2,1-3H3,(H,22,27)(H,23,26). The van der Waals surface area contributed by atoms with Gasteiger partial charge in [-0.25, -0.2) is 0 Å². The van der Waals surface area contributed by atoms with E-state index in [4.69, 9.17) is 0 Å². The number of nitrogens with one attached hydrogen (secondary N) is 2. The molecule has 1 saturated heterocycles. The molecule has 6 heteroatoms.